The predicted octanol–water partition coefficient (Wildman–Crippen LogP) is 1.30. The first-order valence-corrected chi connectivity index (χ1v) is 8.73. The Morgan fingerprint density at radius 3 is 2.91 bits per heavy atom. The van der Waals surface area contributed by atoms with Crippen LogP contribution in [0.15, 0.2) is 21.7 Å². The Morgan fingerprint density at radius 1 is 1.48 bits per heavy atom. The van der Waals surface area contributed by atoms with Crippen molar-refractivity contribution in [2.45, 2.75) is 44.3 Å². The fourth-order valence-electron chi connectivity index (χ4n) is 2.60. The van der Waals surface area contributed by atoms with E-state index in [0.29, 0.717) is 0 Å². The molecular formula is C14H17N3O5S. The molecule has 2 N–H and O–H groups in total. The standard InChI is InChI=1S/C14H17N3O5S/c1-9-11(14(18)19)6-10(22-9)7-15-23(20,21)13-8-17-5-3-2-4-12(17)16-13/h6,8,15H,2-5,7H2,1H3,(H,18,19). The van der Waals surface area contributed by atoms with E-state index in [9.17, 15) is 13.2 Å². The number of aromatic carboxylic acids is 1. The van der Waals surface area contributed by atoms with Crippen LogP contribution in [0.4, 0.5) is 0 Å². The van der Waals surface area contributed by atoms with Gasteiger partial charge in [0.1, 0.15) is 22.9 Å². The summed E-state index contributed by atoms with van der Waals surface area (Å²) < 4.78 is 34.1. The molecule has 0 amide bonds. The second-order valence-electron chi connectivity index (χ2n) is 5.46. The highest BCUT2D eigenvalue weighted by molar-refractivity contribution is 7.89. The summed E-state index contributed by atoms with van der Waals surface area (Å²) >= 11 is 0. The van der Waals surface area contributed by atoms with Gasteiger partial charge >= 0.3 is 5.97 Å². The van der Waals surface area contributed by atoms with Gasteiger partial charge in [0, 0.05) is 19.2 Å². The van der Waals surface area contributed by atoms with E-state index in [0.717, 1.165) is 31.6 Å². The number of aryl methyl sites for hydroxylation is 3. The van der Waals surface area contributed by atoms with Crippen molar-refractivity contribution in [3.63, 3.8) is 0 Å². The maximum atomic E-state index is 12.3. The number of carbonyl (C=O) groups is 1. The molecule has 8 nitrogen and oxygen atoms in total. The van der Waals surface area contributed by atoms with Crippen molar-refractivity contribution in [2.75, 3.05) is 0 Å². The Morgan fingerprint density at radius 2 is 2.26 bits per heavy atom. The highest BCUT2D eigenvalue weighted by atomic mass is 32.2. The lowest BCUT2D eigenvalue weighted by atomic mass is 10.2. The molecule has 0 saturated carbocycles. The van der Waals surface area contributed by atoms with Crippen molar-refractivity contribution in [2.24, 2.45) is 0 Å². The van der Waals surface area contributed by atoms with Gasteiger partial charge < -0.3 is 14.1 Å². The molecule has 1 aliphatic heterocycles. The summed E-state index contributed by atoms with van der Waals surface area (Å²) in [5.74, 6) is 0.150. The zero-order valence-corrected chi connectivity index (χ0v) is 13.4. The van der Waals surface area contributed by atoms with Gasteiger partial charge in [-0.2, -0.15) is 0 Å². The Kier molecular flexibility index (Phi) is 3.99. The van der Waals surface area contributed by atoms with Crippen molar-refractivity contribution < 1.29 is 22.7 Å². The van der Waals surface area contributed by atoms with E-state index < -0.39 is 16.0 Å². The predicted molar refractivity (Wildman–Crippen MR) is 79.6 cm³/mol. The zero-order chi connectivity index (χ0) is 16.6. The Bertz CT molecular complexity index is 826. The molecule has 2 aromatic rings. The van der Waals surface area contributed by atoms with Gasteiger partial charge in [0.05, 0.1) is 6.54 Å². The molecule has 0 spiro atoms. The molecule has 9 heteroatoms. The highest BCUT2D eigenvalue weighted by Gasteiger charge is 2.22. The van der Waals surface area contributed by atoms with Crippen LogP contribution in [-0.2, 0) is 29.5 Å². The first-order chi connectivity index (χ1) is 10.9. The molecule has 0 bridgehead atoms. The number of hydrogen-bond acceptors (Lipinski definition) is 5. The van der Waals surface area contributed by atoms with Crippen LogP contribution >= 0.6 is 0 Å². The molecule has 0 fully saturated rings. The van der Waals surface area contributed by atoms with Crippen LogP contribution in [0.25, 0.3) is 0 Å². The summed E-state index contributed by atoms with van der Waals surface area (Å²) in [7, 11) is -3.77. The third-order valence-electron chi connectivity index (χ3n) is 3.80. The number of furan rings is 1. The van der Waals surface area contributed by atoms with E-state index in [1.807, 2.05) is 4.57 Å². The van der Waals surface area contributed by atoms with Crippen LogP contribution in [0.1, 0.15) is 40.5 Å². The summed E-state index contributed by atoms with van der Waals surface area (Å²) in [4.78, 5) is 15.1. The van der Waals surface area contributed by atoms with Crippen molar-refractivity contribution in [3.8, 4) is 0 Å². The summed E-state index contributed by atoms with van der Waals surface area (Å²) in [5, 5.41) is 8.95. The molecule has 3 heterocycles. The molecule has 1 aliphatic rings. The van der Waals surface area contributed by atoms with Gasteiger partial charge in [0.25, 0.3) is 10.0 Å². The lowest BCUT2D eigenvalue weighted by Gasteiger charge is -2.11. The molecule has 0 unspecified atom stereocenters. The van der Waals surface area contributed by atoms with Gasteiger partial charge in [-0.25, -0.2) is 22.9 Å². The average Bonchev–Trinajstić information content (AvgIpc) is 3.09. The van der Waals surface area contributed by atoms with E-state index in [1.54, 1.807) is 0 Å². The van der Waals surface area contributed by atoms with Crippen molar-refractivity contribution in [1.29, 1.82) is 0 Å². The number of aromatic nitrogens is 2. The quantitative estimate of drug-likeness (QED) is 0.848. The van der Waals surface area contributed by atoms with Gasteiger partial charge in [-0.3, -0.25) is 0 Å². The number of rotatable bonds is 5. The Hall–Kier alpha value is -2.13. The summed E-state index contributed by atoms with van der Waals surface area (Å²) in [6.07, 6.45) is 4.33. The lowest BCUT2D eigenvalue weighted by Crippen LogP contribution is -2.23. The van der Waals surface area contributed by atoms with E-state index in [4.69, 9.17) is 9.52 Å². The van der Waals surface area contributed by atoms with Gasteiger partial charge in [0.2, 0.25) is 0 Å². The number of nitrogens with one attached hydrogen (secondary N) is 1. The number of carboxylic acid groups (broad SMARTS) is 1. The van der Waals surface area contributed by atoms with Crippen LogP contribution in [0, 0.1) is 6.92 Å². The van der Waals surface area contributed by atoms with Gasteiger partial charge in [-0.1, -0.05) is 0 Å². The van der Waals surface area contributed by atoms with Crippen LogP contribution in [-0.4, -0.2) is 29.0 Å². The molecule has 23 heavy (non-hydrogen) atoms. The molecule has 0 saturated heterocycles. The minimum Gasteiger partial charge on any atom is -0.478 e. The maximum Gasteiger partial charge on any atom is 0.339 e. The van der Waals surface area contributed by atoms with E-state index >= 15 is 0 Å². The third-order valence-corrected chi connectivity index (χ3v) is 5.07. The van der Waals surface area contributed by atoms with E-state index in [2.05, 4.69) is 9.71 Å². The zero-order valence-electron chi connectivity index (χ0n) is 12.6. The van der Waals surface area contributed by atoms with Gasteiger partial charge in [-0.15, -0.1) is 0 Å². The SMILES string of the molecule is Cc1oc(CNS(=O)(=O)c2cn3c(n2)CCCC3)cc1C(=O)O. The van der Waals surface area contributed by atoms with Crippen LogP contribution in [0.5, 0.6) is 0 Å². The molecule has 0 aromatic carbocycles. The second-order valence-corrected chi connectivity index (χ2v) is 7.17. The number of nitrogens with zero attached hydrogens (tertiary/aromatic N) is 2. The normalized spacial score (nSPS) is 14.7. The molecule has 0 aliphatic carbocycles. The maximum absolute atomic E-state index is 12.3. The molecular weight excluding hydrogens is 322 g/mol. The number of imidazole rings is 1. The number of hydrogen-bond donors (Lipinski definition) is 2. The molecule has 124 valence electrons. The fraction of sp³-hybridized carbons (Fsp3) is 0.429. The molecule has 3 rings (SSSR count). The van der Waals surface area contributed by atoms with E-state index in [-0.39, 0.29) is 28.7 Å². The number of sulfonamides is 1. The largest absolute Gasteiger partial charge is 0.478 e. The summed E-state index contributed by atoms with van der Waals surface area (Å²) in [6, 6.07) is 1.32. The van der Waals surface area contributed by atoms with Gasteiger partial charge in [-0.05, 0) is 25.8 Å². The van der Waals surface area contributed by atoms with Crippen LogP contribution in [0.3, 0.4) is 0 Å². The van der Waals surface area contributed by atoms with Crippen LogP contribution in [0.2, 0.25) is 0 Å². The van der Waals surface area contributed by atoms with Crippen molar-refractivity contribution in [3.05, 3.63) is 35.2 Å². The van der Waals surface area contributed by atoms with Crippen LogP contribution < -0.4 is 4.72 Å². The number of fused-ring (bicyclic) bond motifs is 1. The summed E-state index contributed by atoms with van der Waals surface area (Å²) in [6.45, 7) is 2.17. The van der Waals surface area contributed by atoms with Crippen molar-refractivity contribution >= 4 is 16.0 Å². The monoisotopic (exact) mass is 339 g/mol. The third kappa shape index (κ3) is 3.15. The average molecular weight is 339 g/mol. The Labute approximate surface area is 133 Å². The van der Waals surface area contributed by atoms with Gasteiger partial charge in [0.15, 0.2) is 5.03 Å². The van der Waals surface area contributed by atoms with Crippen molar-refractivity contribution in [1.82, 2.24) is 14.3 Å². The smallest absolute Gasteiger partial charge is 0.339 e. The minimum absolute atomic E-state index is 0.0175. The first kappa shape index (κ1) is 15.8. The molecule has 0 radical (unpaired) electrons. The van der Waals surface area contributed by atoms with E-state index in [1.165, 1.54) is 19.2 Å². The molecule has 0 atom stereocenters. The minimum atomic E-state index is -3.77. The summed E-state index contributed by atoms with van der Waals surface area (Å²) in [5.41, 5.74) is 0.0247. The second kappa shape index (κ2) is 5.82. The highest BCUT2D eigenvalue weighted by Crippen LogP contribution is 2.18. The number of carboxylic acids is 1. The fourth-order valence-corrected chi connectivity index (χ4v) is 3.57. The lowest BCUT2D eigenvalue weighted by molar-refractivity contribution is 0.0695. The molecule has 2 aromatic heterocycles. The first-order valence-electron chi connectivity index (χ1n) is 7.25. The topological polar surface area (TPSA) is 114 Å². The Balaban J connectivity index is 1.75.